The fourth-order valence-electron chi connectivity index (χ4n) is 2.62. The lowest BCUT2D eigenvalue weighted by Gasteiger charge is -2.29. The van der Waals surface area contributed by atoms with Gasteiger partial charge in [0.15, 0.2) is 0 Å². The lowest BCUT2D eigenvalue weighted by molar-refractivity contribution is -0.385. The van der Waals surface area contributed by atoms with Gasteiger partial charge in [-0.15, -0.1) is 0 Å². The summed E-state index contributed by atoms with van der Waals surface area (Å²) < 4.78 is 5.39. The average molecular weight is 264 g/mol. The van der Waals surface area contributed by atoms with Gasteiger partial charge in [0, 0.05) is 30.5 Å². The van der Waals surface area contributed by atoms with Crippen LogP contribution in [0.1, 0.15) is 31.2 Å². The summed E-state index contributed by atoms with van der Waals surface area (Å²) in [6.45, 7) is 1.75. The minimum Gasteiger partial charge on any atom is -0.382 e. The van der Waals surface area contributed by atoms with Gasteiger partial charge >= 0.3 is 0 Å². The fourth-order valence-corrected chi connectivity index (χ4v) is 2.62. The minimum absolute atomic E-state index is 0.170. The zero-order chi connectivity index (χ0) is 13.8. The molecule has 0 amide bonds. The summed E-state index contributed by atoms with van der Waals surface area (Å²) in [6, 6.07) is 5.64. The molecule has 5 heteroatoms. The molecule has 0 spiro atoms. The summed E-state index contributed by atoms with van der Waals surface area (Å²) in [5.74, 6) is 0. The van der Waals surface area contributed by atoms with Crippen LogP contribution in [0.4, 0.5) is 11.4 Å². The number of hydrogen-bond donors (Lipinski definition) is 1. The Labute approximate surface area is 113 Å². The molecular weight excluding hydrogens is 244 g/mol. The average Bonchev–Trinajstić information content (AvgIpc) is 2.41. The van der Waals surface area contributed by atoms with E-state index in [1.54, 1.807) is 26.2 Å². The highest BCUT2D eigenvalue weighted by molar-refractivity contribution is 5.55. The van der Waals surface area contributed by atoms with E-state index in [-0.39, 0.29) is 10.6 Å². The van der Waals surface area contributed by atoms with Crippen LogP contribution in [0, 0.1) is 17.0 Å². The van der Waals surface area contributed by atoms with Crippen LogP contribution in [0.3, 0.4) is 0 Å². The first-order valence-electron chi connectivity index (χ1n) is 6.64. The highest BCUT2D eigenvalue weighted by Crippen LogP contribution is 2.27. The molecule has 0 aromatic heterocycles. The Morgan fingerprint density at radius 3 is 2.89 bits per heavy atom. The molecule has 0 bridgehead atoms. The van der Waals surface area contributed by atoms with Gasteiger partial charge in [0.05, 0.1) is 11.0 Å². The van der Waals surface area contributed by atoms with Crippen molar-refractivity contribution in [3.05, 3.63) is 33.9 Å². The SMILES string of the molecule is COC1CCCC(Nc2ccc(C)c([N+](=O)[O-])c2)C1. The molecule has 2 unspecified atom stereocenters. The third-order valence-corrected chi connectivity index (χ3v) is 3.74. The van der Waals surface area contributed by atoms with Crippen molar-refractivity contribution >= 4 is 11.4 Å². The molecule has 0 radical (unpaired) electrons. The zero-order valence-electron chi connectivity index (χ0n) is 11.4. The van der Waals surface area contributed by atoms with Crippen molar-refractivity contribution in [2.75, 3.05) is 12.4 Å². The second-order valence-corrected chi connectivity index (χ2v) is 5.12. The van der Waals surface area contributed by atoms with Crippen LogP contribution in [-0.4, -0.2) is 24.2 Å². The van der Waals surface area contributed by atoms with E-state index in [4.69, 9.17) is 4.74 Å². The van der Waals surface area contributed by atoms with Crippen LogP contribution in [0.15, 0.2) is 18.2 Å². The summed E-state index contributed by atoms with van der Waals surface area (Å²) in [5, 5.41) is 14.3. The largest absolute Gasteiger partial charge is 0.382 e. The Balaban J connectivity index is 2.06. The Bertz CT molecular complexity index is 462. The van der Waals surface area contributed by atoms with Crippen molar-refractivity contribution < 1.29 is 9.66 Å². The first kappa shape index (κ1) is 13.8. The smallest absolute Gasteiger partial charge is 0.274 e. The number of hydrogen-bond acceptors (Lipinski definition) is 4. The predicted octanol–water partition coefficient (Wildman–Crippen LogP) is 3.27. The number of nitro benzene ring substituents is 1. The fraction of sp³-hybridized carbons (Fsp3) is 0.571. The van der Waals surface area contributed by atoms with Gasteiger partial charge in [-0.3, -0.25) is 10.1 Å². The van der Waals surface area contributed by atoms with E-state index >= 15 is 0 Å². The number of nitrogens with one attached hydrogen (secondary N) is 1. The molecule has 5 nitrogen and oxygen atoms in total. The summed E-state index contributed by atoms with van der Waals surface area (Å²) in [6.07, 6.45) is 4.57. The summed E-state index contributed by atoms with van der Waals surface area (Å²) >= 11 is 0. The molecule has 1 fully saturated rings. The second-order valence-electron chi connectivity index (χ2n) is 5.12. The van der Waals surface area contributed by atoms with Gasteiger partial charge in [-0.1, -0.05) is 6.07 Å². The van der Waals surface area contributed by atoms with Gasteiger partial charge in [0.25, 0.3) is 5.69 Å². The van der Waals surface area contributed by atoms with Crippen molar-refractivity contribution in [3.8, 4) is 0 Å². The number of anilines is 1. The lowest BCUT2D eigenvalue weighted by atomic mass is 9.92. The Kier molecular flexibility index (Phi) is 4.37. The third kappa shape index (κ3) is 3.44. The number of aryl methyl sites for hydroxylation is 1. The third-order valence-electron chi connectivity index (χ3n) is 3.74. The van der Waals surface area contributed by atoms with Gasteiger partial charge < -0.3 is 10.1 Å². The number of nitrogens with zero attached hydrogens (tertiary/aromatic N) is 1. The predicted molar refractivity (Wildman–Crippen MR) is 74.5 cm³/mol. The summed E-state index contributed by atoms with van der Waals surface area (Å²) in [5.41, 5.74) is 1.68. The normalized spacial score (nSPS) is 23.1. The molecule has 1 N–H and O–H groups in total. The molecule has 0 aliphatic heterocycles. The molecular formula is C14H20N2O3. The van der Waals surface area contributed by atoms with Crippen molar-refractivity contribution in [1.29, 1.82) is 0 Å². The van der Waals surface area contributed by atoms with E-state index in [2.05, 4.69) is 5.32 Å². The quantitative estimate of drug-likeness (QED) is 0.669. The van der Waals surface area contributed by atoms with Gasteiger partial charge in [0.2, 0.25) is 0 Å². The van der Waals surface area contributed by atoms with Gasteiger partial charge in [0.1, 0.15) is 0 Å². The number of benzene rings is 1. The van der Waals surface area contributed by atoms with Gasteiger partial charge in [-0.2, -0.15) is 0 Å². The monoisotopic (exact) mass is 264 g/mol. The van der Waals surface area contributed by atoms with E-state index in [1.807, 2.05) is 6.07 Å². The summed E-state index contributed by atoms with van der Waals surface area (Å²) in [7, 11) is 1.74. The molecule has 104 valence electrons. The van der Waals surface area contributed by atoms with E-state index in [0.717, 1.165) is 31.4 Å². The minimum atomic E-state index is -0.334. The van der Waals surface area contributed by atoms with Crippen LogP contribution in [0.25, 0.3) is 0 Å². The van der Waals surface area contributed by atoms with Crippen LogP contribution < -0.4 is 5.32 Å². The molecule has 1 aliphatic rings. The zero-order valence-corrected chi connectivity index (χ0v) is 11.4. The molecule has 1 aromatic rings. The number of rotatable bonds is 4. The highest BCUT2D eigenvalue weighted by atomic mass is 16.6. The molecule has 2 atom stereocenters. The van der Waals surface area contributed by atoms with Crippen LogP contribution in [0.5, 0.6) is 0 Å². The molecule has 1 aliphatic carbocycles. The van der Waals surface area contributed by atoms with Crippen LogP contribution >= 0.6 is 0 Å². The lowest BCUT2D eigenvalue weighted by Crippen LogP contribution is -2.31. The Morgan fingerprint density at radius 2 is 2.21 bits per heavy atom. The van der Waals surface area contributed by atoms with Crippen molar-refractivity contribution in [1.82, 2.24) is 0 Å². The maximum atomic E-state index is 10.9. The topological polar surface area (TPSA) is 64.4 Å². The molecule has 19 heavy (non-hydrogen) atoms. The first-order chi connectivity index (χ1) is 9.10. The van der Waals surface area contributed by atoms with Crippen molar-refractivity contribution in [2.45, 2.75) is 44.8 Å². The van der Waals surface area contributed by atoms with Gasteiger partial charge in [-0.25, -0.2) is 0 Å². The number of nitro groups is 1. The molecule has 1 saturated carbocycles. The molecule has 1 aromatic carbocycles. The van der Waals surface area contributed by atoms with E-state index < -0.39 is 0 Å². The number of ether oxygens (including phenoxy) is 1. The van der Waals surface area contributed by atoms with Gasteiger partial charge in [-0.05, 0) is 38.7 Å². The molecule has 0 heterocycles. The Morgan fingerprint density at radius 1 is 1.42 bits per heavy atom. The first-order valence-corrected chi connectivity index (χ1v) is 6.64. The highest BCUT2D eigenvalue weighted by Gasteiger charge is 2.22. The summed E-state index contributed by atoms with van der Waals surface area (Å²) in [4.78, 5) is 10.6. The second kappa shape index (κ2) is 6.02. The van der Waals surface area contributed by atoms with Crippen LogP contribution in [-0.2, 0) is 4.74 Å². The maximum absolute atomic E-state index is 10.9. The standard InChI is InChI=1S/C14H20N2O3/c1-10-6-7-12(9-14(10)16(17)18)15-11-4-3-5-13(8-11)19-2/h6-7,9,11,13,15H,3-5,8H2,1-2H3. The number of methoxy groups -OCH3 is 1. The molecule has 0 saturated heterocycles. The van der Waals surface area contributed by atoms with E-state index in [0.29, 0.717) is 17.7 Å². The molecule has 2 rings (SSSR count). The van der Waals surface area contributed by atoms with E-state index in [9.17, 15) is 10.1 Å². The van der Waals surface area contributed by atoms with Crippen molar-refractivity contribution in [2.24, 2.45) is 0 Å². The van der Waals surface area contributed by atoms with E-state index in [1.165, 1.54) is 0 Å². The Hall–Kier alpha value is -1.62. The van der Waals surface area contributed by atoms with Crippen LogP contribution in [0.2, 0.25) is 0 Å². The maximum Gasteiger partial charge on any atom is 0.274 e. The van der Waals surface area contributed by atoms with Crippen molar-refractivity contribution in [3.63, 3.8) is 0 Å².